The number of benzene rings is 3. The normalized spacial score (nSPS) is 10.6. The van der Waals surface area contributed by atoms with Crippen molar-refractivity contribution in [1.29, 1.82) is 0 Å². The number of fused-ring (bicyclic) bond motifs is 2. The van der Waals surface area contributed by atoms with E-state index in [1.807, 2.05) is 0 Å². The molecule has 5 aromatic rings. The van der Waals surface area contributed by atoms with Crippen molar-refractivity contribution in [3.05, 3.63) is 120 Å². The third-order valence-corrected chi connectivity index (χ3v) is 6.12. The number of nitrogens with zero attached hydrogens (tertiary/aromatic N) is 2. The molecule has 0 radical (unpaired) electrons. The maximum atomic E-state index is 2.28. The molecular weight excluding hydrogens is 618 g/mol. The molecule has 3 aromatic carbocycles. The first-order chi connectivity index (χ1) is 14.7. The molecule has 0 saturated carbocycles. The molecule has 5 rings (SSSR count). The lowest BCUT2D eigenvalue weighted by Gasteiger charge is -2.07. The second-order valence-electron chi connectivity index (χ2n) is 8.09. The zero-order chi connectivity index (χ0) is 20.5. The first kappa shape index (κ1) is 24.6. The van der Waals surface area contributed by atoms with Crippen LogP contribution in [0, 0.1) is 0 Å². The van der Waals surface area contributed by atoms with E-state index < -0.39 is 0 Å². The van der Waals surface area contributed by atoms with E-state index >= 15 is 0 Å². The first-order valence-electron chi connectivity index (χ1n) is 10.5. The molecule has 0 N–H and O–H groups in total. The Balaban J connectivity index is 0.00000144. The van der Waals surface area contributed by atoms with Crippen molar-refractivity contribution in [2.24, 2.45) is 14.1 Å². The highest BCUT2D eigenvalue weighted by Crippen LogP contribution is 2.21. The highest BCUT2D eigenvalue weighted by molar-refractivity contribution is 5.84. The van der Waals surface area contributed by atoms with Gasteiger partial charge in [0.15, 0.2) is 23.8 Å². The van der Waals surface area contributed by atoms with Gasteiger partial charge in [0.2, 0.25) is 0 Å². The summed E-state index contributed by atoms with van der Waals surface area (Å²) in [6.45, 7) is 0. The van der Waals surface area contributed by atoms with E-state index in [9.17, 15) is 0 Å². The van der Waals surface area contributed by atoms with Gasteiger partial charge in [-0.2, -0.15) is 0 Å². The quantitative estimate of drug-likeness (QED) is 0.172. The Morgan fingerprint density at radius 2 is 0.875 bits per heavy atom. The lowest BCUT2D eigenvalue weighted by atomic mass is 9.99. The average Bonchev–Trinajstić information content (AvgIpc) is 2.79. The minimum atomic E-state index is 0. The first-order valence-corrected chi connectivity index (χ1v) is 10.5. The predicted octanol–water partition coefficient (Wildman–Crippen LogP) is -1.17. The molecule has 0 bridgehead atoms. The van der Waals surface area contributed by atoms with Crippen LogP contribution in [0.2, 0.25) is 0 Å². The maximum absolute atomic E-state index is 2.28. The van der Waals surface area contributed by atoms with Gasteiger partial charge in [0.25, 0.3) is 0 Å². The van der Waals surface area contributed by atoms with Crippen molar-refractivity contribution in [2.75, 3.05) is 0 Å². The van der Waals surface area contributed by atoms with Gasteiger partial charge in [-0.3, -0.25) is 0 Å². The summed E-state index contributed by atoms with van der Waals surface area (Å²) < 4.78 is 4.48. The number of hydrogen-bond donors (Lipinski definition) is 0. The third-order valence-electron chi connectivity index (χ3n) is 6.12. The Morgan fingerprint density at radius 1 is 0.500 bits per heavy atom. The van der Waals surface area contributed by atoms with Crippen LogP contribution in [-0.4, -0.2) is 0 Å². The molecule has 0 aliphatic carbocycles. The number of hydrogen-bond acceptors (Lipinski definition) is 0. The van der Waals surface area contributed by atoms with Crippen molar-refractivity contribution >= 4 is 21.5 Å². The van der Waals surface area contributed by atoms with E-state index in [4.69, 9.17) is 0 Å². The molecule has 2 nitrogen and oxygen atoms in total. The van der Waals surface area contributed by atoms with Gasteiger partial charge in [-0.1, -0.05) is 60.7 Å². The monoisotopic (exact) mass is 644 g/mol. The zero-order valence-electron chi connectivity index (χ0n) is 18.3. The topological polar surface area (TPSA) is 7.76 Å². The summed E-state index contributed by atoms with van der Waals surface area (Å²) in [6.07, 6.45) is 6.18. The summed E-state index contributed by atoms with van der Waals surface area (Å²) in [5, 5.41) is 5.25. The lowest BCUT2D eigenvalue weighted by Crippen LogP contribution is -3.00. The molecule has 2 heterocycles. The van der Waals surface area contributed by atoms with Crippen LogP contribution in [0.15, 0.2) is 97.3 Å². The van der Waals surface area contributed by atoms with E-state index in [-0.39, 0.29) is 48.0 Å². The fourth-order valence-corrected chi connectivity index (χ4v) is 4.36. The Labute approximate surface area is 224 Å². The van der Waals surface area contributed by atoms with E-state index in [1.165, 1.54) is 44.1 Å². The molecule has 0 saturated heterocycles. The van der Waals surface area contributed by atoms with Gasteiger partial charge in [-0.05, 0) is 34.0 Å². The Hall–Kier alpha value is -2.06. The number of pyridine rings is 2. The molecule has 0 aliphatic rings. The van der Waals surface area contributed by atoms with Crippen LogP contribution < -0.4 is 57.1 Å². The van der Waals surface area contributed by atoms with Gasteiger partial charge in [0.05, 0.1) is 12.8 Å². The van der Waals surface area contributed by atoms with E-state index in [0.29, 0.717) is 0 Å². The Kier molecular flexibility index (Phi) is 8.22. The Bertz CT molecular complexity index is 1260. The number of halogens is 2. The van der Waals surface area contributed by atoms with Crippen LogP contribution in [0.5, 0.6) is 0 Å². The summed E-state index contributed by atoms with van der Waals surface area (Å²) in [5.41, 5.74) is 5.38. The average molecular weight is 644 g/mol. The summed E-state index contributed by atoms with van der Waals surface area (Å²) in [5.74, 6) is 0. The van der Waals surface area contributed by atoms with Crippen molar-refractivity contribution in [1.82, 2.24) is 0 Å². The van der Waals surface area contributed by atoms with Gasteiger partial charge in [0, 0.05) is 22.9 Å². The molecule has 0 aliphatic heterocycles. The lowest BCUT2D eigenvalue weighted by molar-refractivity contribution is -0.677. The molecule has 0 spiro atoms. The molecule has 32 heavy (non-hydrogen) atoms. The maximum Gasteiger partial charge on any atom is 0.193 e. The smallest absolute Gasteiger partial charge is 0.193 e. The Morgan fingerprint density at radius 3 is 1.28 bits per heavy atom. The van der Waals surface area contributed by atoms with Gasteiger partial charge >= 0.3 is 0 Å². The van der Waals surface area contributed by atoms with Crippen LogP contribution in [0.4, 0.5) is 0 Å². The minimum absolute atomic E-state index is 0. The molecule has 4 heteroatoms. The van der Waals surface area contributed by atoms with Gasteiger partial charge < -0.3 is 48.0 Å². The van der Waals surface area contributed by atoms with Gasteiger partial charge in [-0.25, -0.2) is 9.13 Å². The fourth-order valence-electron chi connectivity index (χ4n) is 4.36. The summed E-state index contributed by atoms with van der Waals surface area (Å²) in [4.78, 5) is 0. The highest BCUT2D eigenvalue weighted by atomic mass is 127. The third kappa shape index (κ3) is 4.96. The van der Waals surface area contributed by atoms with Crippen LogP contribution in [-0.2, 0) is 26.9 Å². The molecule has 0 fully saturated rings. The van der Waals surface area contributed by atoms with Crippen molar-refractivity contribution < 1.29 is 57.1 Å². The SMILES string of the molecule is C[n+]1ccc2ccccc2c1Cc1ccc(Cc2c3ccccc3cc[n+]2C)cc1.[I-].[I-]. The molecule has 0 amide bonds. The van der Waals surface area contributed by atoms with Crippen molar-refractivity contribution in [2.45, 2.75) is 12.8 Å². The minimum Gasteiger partial charge on any atom is -1.00 e. The largest absolute Gasteiger partial charge is 1.00 e. The zero-order valence-corrected chi connectivity index (χ0v) is 22.6. The van der Waals surface area contributed by atoms with E-state index in [2.05, 4.69) is 121 Å². The molecule has 162 valence electrons. The molecule has 0 atom stereocenters. The van der Waals surface area contributed by atoms with Crippen LogP contribution in [0.25, 0.3) is 21.5 Å². The van der Waals surface area contributed by atoms with Crippen LogP contribution >= 0.6 is 0 Å². The summed E-state index contributed by atoms with van der Waals surface area (Å²) >= 11 is 0. The predicted molar refractivity (Wildman–Crippen MR) is 122 cm³/mol. The highest BCUT2D eigenvalue weighted by Gasteiger charge is 2.15. The van der Waals surface area contributed by atoms with Gasteiger partial charge in [-0.15, -0.1) is 0 Å². The second kappa shape index (κ2) is 10.7. The summed E-state index contributed by atoms with van der Waals surface area (Å²) in [7, 11) is 4.27. The second-order valence-corrected chi connectivity index (χ2v) is 8.09. The fraction of sp³-hybridized carbons (Fsp3) is 0.143. The summed E-state index contributed by atoms with van der Waals surface area (Å²) in [6, 6.07) is 30.8. The van der Waals surface area contributed by atoms with Crippen LogP contribution in [0.1, 0.15) is 22.5 Å². The van der Waals surface area contributed by atoms with E-state index in [0.717, 1.165) is 12.8 Å². The molecular formula is C28H26I2N2. The van der Waals surface area contributed by atoms with E-state index in [1.54, 1.807) is 0 Å². The van der Waals surface area contributed by atoms with Crippen molar-refractivity contribution in [3.63, 3.8) is 0 Å². The van der Waals surface area contributed by atoms with Gasteiger partial charge in [0.1, 0.15) is 14.1 Å². The van der Waals surface area contributed by atoms with Crippen LogP contribution in [0.3, 0.4) is 0 Å². The number of rotatable bonds is 4. The molecule has 0 unspecified atom stereocenters. The molecule has 2 aromatic heterocycles. The standard InChI is InChI=1S/C28H26N2.2HI/c1-29-17-15-23-7-3-5-9-25(23)27(29)19-21-11-13-22(14-12-21)20-28-26-10-6-4-8-24(26)16-18-30(28)2;;/h3-18H,19-20H2,1-2H3;2*1H/q+2;;/p-2. The van der Waals surface area contributed by atoms with Crippen molar-refractivity contribution in [3.8, 4) is 0 Å². The number of aryl methyl sites for hydroxylation is 2. The number of aromatic nitrogens is 2.